The molecule has 1 aliphatic rings. The molecule has 1 atom stereocenters. The maximum atomic E-state index is 13.6. The Morgan fingerprint density at radius 1 is 1.39 bits per heavy atom. The van der Waals surface area contributed by atoms with Gasteiger partial charge in [-0.05, 0) is 6.07 Å². The minimum atomic E-state index is -0.939. The summed E-state index contributed by atoms with van der Waals surface area (Å²) in [5.74, 6) is -3.54. The number of anilines is 2. The highest BCUT2D eigenvalue weighted by atomic mass is 19.1. The zero-order valence-electron chi connectivity index (χ0n) is 9.32. The molecule has 0 aromatic heterocycles. The van der Waals surface area contributed by atoms with Gasteiger partial charge in [0.15, 0.2) is 5.82 Å². The number of benzene rings is 1. The molecule has 1 heterocycles. The van der Waals surface area contributed by atoms with E-state index in [2.05, 4.69) is 0 Å². The Labute approximate surface area is 101 Å². The Kier molecular flexibility index (Phi) is 2.90. The number of rotatable bonds is 2. The molecule has 2 amide bonds. The van der Waals surface area contributed by atoms with Crippen LogP contribution >= 0.6 is 0 Å². The van der Waals surface area contributed by atoms with Crippen LogP contribution in [0.2, 0.25) is 0 Å². The van der Waals surface area contributed by atoms with Crippen molar-refractivity contribution < 1.29 is 18.4 Å². The average Bonchev–Trinajstić information content (AvgIpc) is 2.59. The van der Waals surface area contributed by atoms with Crippen molar-refractivity contribution >= 4 is 23.2 Å². The van der Waals surface area contributed by atoms with E-state index in [-0.39, 0.29) is 24.3 Å². The molecule has 0 aliphatic carbocycles. The van der Waals surface area contributed by atoms with Crippen LogP contribution in [0.3, 0.4) is 0 Å². The number of hydrogen-bond acceptors (Lipinski definition) is 3. The van der Waals surface area contributed by atoms with Crippen molar-refractivity contribution in [3.63, 3.8) is 0 Å². The third-order valence-electron chi connectivity index (χ3n) is 2.85. The monoisotopic (exact) mass is 255 g/mol. The second-order valence-corrected chi connectivity index (χ2v) is 4.13. The fraction of sp³-hybridized carbons (Fsp3) is 0.273. The molecule has 96 valence electrons. The number of halogens is 2. The molecule has 1 aliphatic heterocycles. The SMILES string of the molecule is NC(=O)C1CC(=O)N(c2c(N)cc(F)cc2F)C1. The Bertz CT molecular complexity index is 510. The van der Waals surface area contributed by atoms with Gasteiger partial charge in [0, 0.05) is 19.0 Å². The molecule has 0 radical (unpaired) electrons. The van der Waals surface area contributed by atoms with E-state index in [1.807, 2.05) is 0 Å². The predicted octanol–water partition coefficient (Wildman–Crippen LogP) is 0.385. The number of nitrogen functional groups attached to an aromatic ring is 1. The maximum Gasteiger partial charge on any atom is 0.228 e. The normalized spacial score (nSPS) is 19.3. The Morgan fingerprint density at radius 3 is 2.56 bits per heavy atom. The topological polar surface area (TPSA) is 89.4 Å². The molecule has 1 unspecified atom stereocenters. The minimum Gasteiger partial charge on any atom is -0.397 e. The predicted molar refractivity (Wildman–Crippen MR) is 60.4 cm³/mol. The molecule has 1 saturated heterocycles. The van der Waals surface area contributed by atoms with Crippen molar-refractivity contribution in [2.75, 3.05) is 17.2 Å². The van der Waals surface area contributed by atoms with Gasteiger partial charge >= 0.3 is 0 Å². The molecule has 1 fully saturated rings. The summed E-state index contributed by atoms with van der Waals surface area (Å²) < 4.78 is 26.5. The number of nitrogens with zero attached hydrogens (tertiary/aromatic N) is 1. The summed E-state index contributed by atoms with van der Waals surface area (Å²) in [7, 11) is 0. The van der Waals surface area contributed by atoms with Crippen LogP contribution in [0.25, 0.3) is 0 Å². The van der Waals surface area contributed by atoms with Gasteiger partial charge in [0.25, 0.3) is 0 Å². The summed E-state index contributed by atoms with van der Waals surface area (Å²) >= 11 is 0. The van der Waals surface area contributed by atoms with Crippen LogP contribution in [0, 0.1) is 17.6 Å². The maximum absolute atomic E-state index is 13.6. The lowest BCUT2D eigenvalue weighted by atomic mass is 10.1. The molecule has 4 N–H and O–H groups in total. The van der Waals surface area contributed by atoms with Crippen LogP contribution in [0.4, 0.5) is 20.2 Å². The van der Waals surface area contributed by atoms with Gasteiger partial charge in [0.05, 0.1) is 11.6 Å². The van der Waals surface area contributed by atoms with Gasteiger partial charge in [-0.25, -0.2) is 8.78 Å². The first-order valence-electron chi connectivity index (χ1n) is 5.24. The number of amides is 2. The molecular weight excluding hydrogens is 244 g/mol. The summed E-state index contributed by atoms with van der Waals surface area (Å²) in [6, 6.07) is 1.56. The molecule has 7 heteroatoms. The standard InChI is InChI=1S/C11H11F2N3O2/c12-6-2-7(13)10(8(14)3-6)16-4-5(11(15)18)1-9(16)17/h2-3,5H,1,4,14H2,(H2,15,18). The molecule has 1 aromatic carbocycles. The van der Waals surface area contributed by atoms with E-state index in [4.69, 9.17) is 11.5 Å². The highest BCUT2D eigenvalue weighted by Gasteiger charge is 2.36. The lowest BCUT2D eigenvalue weighted by Gasteiger charge is -2.19. The second kappa shape index (κ2) is 4.25. The smallest absolute Gasteiger partial charge is 0.228 e. The third-order valence-corrected chi connectivity index (χ3v) is 2.85. The summed E-state index contributed by atoms with van der Waals surface area (Å²) in [6.45, 7) is -0.0408. The van der Waals surface area contributed by atoms with Crippen LogP contribution in [-0.4, -0.2) is 18.4 Å². The average molecular weight is 255 g/mol. The lowest BCUT2D eigenvalue weighted by Crippen LogP contribution is -2.29. The van der Waals surface area contributed by atoms with E-state index in [0.717, 1.165) is 11.0 Å². The van der Waals surface area contributed by atoms with Crippen molar-refractivity contribution in [3.05, 3.63) is 23.8 Å². The first-order chi connectivity index (χ1) is 8.40. The van der Waals surface area contributed by atoms with E-state index in [1.54, 1.807) is 0 Å². The van der Waals surface area contributed by atoms with Gasteiger partial charge in [0.1, 0.15) is 11.5 Å². The molecular formula is C11H11F2N3O2. The van der Waals surface area contributed by atoms with Gasteiger partial charge in [-0.15, -0.1) is 0 Å². The van der Waals surface area contributed by atoms with Gasteiger partial charge in [-0.3, -0.25) is 9.59 Å². The molecule has 18 heavy (non-hydrogen) atoms. The highest BCUT2D eigenvalue weighted by Crippen LogP contribution is 2.32. The minimum absolute atomic E-state index is 0.0408. The van der Waals surface area contributed by atoms with Crippen molar-refractivity contribution in [2.24, 2.45) is 11.7 Å². The molecule has 1 aromatic rings. The summed E-state index contributed by atoms with van der Waals surface area (Å²) in [5, 5.41) is 0. The molecule has 2 rings (SSSR count). The van der Waals surface area contributed by atoms with E-state index < -0.39 is 29.4 Å². The van der Waals surface area contributed by atoms with E-state index in [9.17, 15) is 18.4 Å². The lowest BCUT2D eigenvalue weighted by molar-refractivity contribution is -0.123. The first kappa shape index (κ1) is 12.3. The van der Waals surface area contributed by atoms with Gasteiger partial charge < -0.3 is 16.4 Å². The van der Waals surface area contributed by atoms with Gasteiger partial charge in [-0.2, -0.15) is 0 Å². The van der Waals surface area contributed by atoms with Crippen molar-refractivity contribution in [3.8, 4) is 0 Å². The van der Waals surface area contributed by atoms with Gasteiger partial charge in [-0.1, -0.05) is 0 Å². The van der Waals surface area contributed by atoms with E-state index in [0.29, 0.717) is 6.07 Å². The van der Waals surface area contributed by atoms with Crippen LogP contribution < -0.4 is 16.4 Å². The number of primary amides is 1. The van der Waals surface area contributed by atoms with Crippen molar-refractivity contribution in [1.82, 2.24) is 0 Å². The molecule has 0 spiro atoms. The molecule has 0 bridgehead atoms. The second-order valence-electron chi connectivity index (χ2n) is 4.13. The largest absolute Gasteiger partial charge is 0.397 e. The van der Waals surface area contributed by atoms with Crippen LogP contribution in [0.15, 0.2) is 12.1 Å². The highest BCUT2D eigenvalue weighted by molar-refractivity contribution is 6.02. The molecule has 0 saturated carbocycles. The Morgan fingerprint density at radius 2 is 2.06 bits per heavy atom. The zero-order chi connectivity index (χ0) is 13.4. The van der Waals surface area contributed by atoms with E-state index >= 15 is 0 Å². The molecule has 5 nitrogen and oxygen atoms in total. The number of carbonyl (C=O) groups is 2. The summed E-state index contributed by atoms with van der Waals surface area (Å²) in [4.78, 5) is 23.7. The van der Waals surface area contributed by atoms with Gasteiger partial charge in [0.2, 0.25) is 11.8 Å². The summed E-state index contributed by atoms with van der Waals surface area (Å²) in [6.07, 6.45) is -0.0917. The quantitative estimate of drug-likeness (QED) is 0.749. The zero-order valence-corrected chi connectivity index (χ0v) is 9.32. The fourth-order valence-corrected chi connectivity index (χ4v) is 1.98. The first-order valence-corrected chi connectivity index (χ1v) is 5.24. The number of carbonyl (C=O) groups excluding carboxylic acids is 2. The van der Waals surface area contributed by atoms with E-state index in [1.165, 1.54) is 0 Å². The van der Waals surface area contributed by atoms with Crippen molar-refractivity contribution in [2.45, 2.75) is 6.42 Å². The van der Waals surface area contributed by atoms with Crippen LogP contribution in [-0.2, 0) is 9.59 Å². The number of nitrogens with two attached hydrogens (primary N) is 2. The Balaban J connectivity index is 2.39. The Hall–Kier alpha value is -2.18. The van der Waals surface area contributed by atoms with Crippen LogP contribution in [0.1, 0.15) is 6.42 Å². The third kappa shape index (κ3) is 1.99. The van der Waals surface area contributed by atoms with Crippen LogP contribution in [0.5, 0.6) is 0 Å². The fourth-order valence-electron chi connectivity index (χ4n) is 1.98. The summed E-state index contributed by atoms with van der Waals surface area (Å²) in [5.41, 5.74) is 10.2. The number of hydrogen-bond donors (Lipinski definition) is 2. The van der Waals surface area contributed by atoms with Crippen molar-refractivity contribution in [1.29, 1.82) is 0 Å².